The van der Waals surface area contributed by atoms with Gasteiger partial charge in [-0.3, -0.25) is 4.79 Å². The Morgan fingerprint density at radius 3 is 2.56 bits per heavy atom. The number of aromatic nitrogens is 4. The molecule has 5 rings (SSSR count). The first-order chi connectivity index (χ1) is 19.0. The molecule has 0 aliphatic carbocycles. The lowest BCUT2D eigenvalue weighted by molar-refractivity contribution is -0.143. The van der Waals surface area contributed by atoms with Crippen molar-refractivity contribution in [1.82, 2.24) is 19.9 Å². The zero-order valence-corrected chi connectivity index (χ0v) is 19.9. The van der Waals surface area contributed by atoms with Crippen molar-refractivity contribution < 1.29 is 13.9 Å². The monoisotopic (exact) mass is 512 g/mol. The van der Waals surface area contributed by atoms with E-state index in [4.69, 9.17) is 15.7 Å². The Labute approximate surface area is 219 Å². The molecule has 184 valence electrons. The number of carbonyl (C=O) groups is 1. The summed E-state index contributed by atoms with van der Waals surface area (Å²) in [6.07, 6.45) is 0. The van der Waals surface area contributed by atoms with Gasteiger partial charge < -0.3 is 9.15 Å². The van der Waals surface area contributed by atoms with Crippen LogP contribution < -0.4 is 10.7 Å². The first-order valence-corrected chi connectivity index (χ1v) is 11.2. The van der Waals surface area contributed by atoms with Crippen LogP contribution in [0.25, 0.3) is 39.0 Å². The van der Waals surface area contributed by atoms with E-state index in [1.807, 2.05) is 12.1 Å². The summed E-state index contributed by atoms with van der Waals surface area (Å²) in [6, 6.07) is 15.6. The summed E-state index contributed by atoms with van der Waals surface area (Å²) in [5.41, 5.74) is 0.837. The Hall–Kier alpha value is -6.31. The smallest absolute Gasteiger partial charge is 0.331 e. The van der Waals surface area contributed by atoms with Crippen molar-refractivity contribution in [2.24, 2.45) is 9.98 Å². The molecule has 0 N–H and O–H groups in total. The normalized spacial score (nSPS) is 13.5. The van der Waals surface area contributed by atoms with Crippen molar-refractivity contribution in [1.29, 1.82) is 15.8 Å². The topological polar surface area (TPSA) is 191 Å². The molecule has 1 atom stereocenters. The first kappa shape index (κ1) is 24.4. The average molecular weight is 512 g/mol. The Balaban J connectivity index is 1.77. The number of allylic oxidation sites excluding steroid dienone is 1. The third-order valence-electron chi connectivity index (χ3n) is 5.43. The van der Waals surface area contributed by atoms with Crippen molar-refractivity contribution in [3.63, 3.8) is 0 Å². The molecule has 0 fully saturated rings. The van der Waals surface area contributed by atoms with E-state index >= 15 is 0 Å². The van der Waals surface area contributed by atoms with Gasteiger partial charge in [0.1, 0.15) is 16.9 Å². The summed E-state index contributed by atoms with van der Waals surface area (Å²) >= 11 is 0. The van der Waals surface area contributed by atoms with Crippen LogP contribution in [0.3, 0.4) is 0 Å². The largest absolute Gasteiger partial charge is 0.465 e. The molecule has 13 heteroatoms. The third-order valence-corrected chi connectivity index (χ3v) is 5.43. The summed E-state index contributed by atoms with van der Waals surface area (Å²) in [7, 11) is 0. The summed E-state index contributed by atoms with van der Waals surface area (Å²) < 4.78 is 10.8. The number of oxazole rings is 1. The van der Waals surface area contributed by atoms with E-state index in [2.05, 4.69) is 34.8 Å². The molecular formula is C26H12N10O3. The van der Waals surface area contributed by atoms with Crippen LogP contribution in [-0.2, 0) is 9.53 Å². The molecule has 0 amide bonds. The van der Waals surface area contributed by atoms with Gasteiger partial charge in [0.05, 0.1) is 36.2 Å². The van der Waals surface area contributed by atoms with Gasteiger partial charge in [0, 0.05) is 5.56 Å². The predicted octanol–water partition coefficient (Wildman–Crippen LogP) is 2.25. The van der Waals surface area contributed by atoms with Gasteiger partial charge in [-0.1, -0.05) is 12.1 Å². The molecule has 1 aliphatic rings. The summed E-state index contributed by atoms with van der Waals surface area (Å²) in [6.45, 7) is 8.79. The maximum absolute atomic E-state index is 12.5. The number of rotatable bonds is 5. The first-order valence-electron chi connectivity index (χ1n) is 11.2. The van der Waals surface area contributed by atoms with Crippen LogP contribution >= 0.6 is 0 Å². The SMILES string of the molecule is [C-]#[N+]/C(C#N)=C1\N=c2ccc(-c3nc(-c4nc5ccccc5o4)nc(C(C#N)C(=O)OCC)n3)c(C#N)c2=N1. The lowest BCUT2D eigenvalue weighted by atomic mass is 10.1. The highest BCUT2D eigenvalue weighted by molar-refractivity contribution is 5.81. The van der Waals surface area contributed by atoms with Gasteiger partial charge in [-0.2, -0.15) is 10.5 Å². The van der Waals surface area contributed by atoms with Crippen molar-refractivity contribution in [2.45, 2.75) is 12.8 Å². The van der Waals surface area contributed by atoms with Crippen LogP contribution in [0, 0.1) is 40.6 Å². The van der Waals surface area contributed by atoms with Crippen LogP contribution in [0.2, 0.25) is 0 Å². The summed E-state index contributed by atoms with van der Waals surface area (Å²) in [4.78, 5) is 41.5. The Morgan fingerprint density at radius 2 is 1.87 bits per heavy atom. The number of benzene rings is 2. The van der Waals surface area contributed by atoms with Gasteiger partial charge >= 0.3 is 11.7 Å². The van der Waals surface area contributed by atoms with Crippen LogP contribution in [0.5, 0.6) is 0 Å². The van der Waals surface area contributed by atoms with Crippen LogP contribution in [0.15, 0.2) is 62.3 Å². The lowest BCUT2D eigenvalue weighted by Crippen LogP contribution is -2.26. The molecule has 0 bridgehead atoms. The minimum Gasteiger partial charge on any atom is -0.465 e. The van der Waals surface area contributed by atoms with Gasteiger partial charge in [0.15, 0.2) is 23.1 Å². The molecule has 4 aromatic rings. The quantitative estimate of drug-likeness (QED) is 0.218. The van der Waals surface area contributed by atoms with Crippen LogP contribution in [-0.4, -0.2) is 32.5 Å². The molecule has 1 unspecified atom stereocenters. The molecule has 1 aliphatic heterocycles. The van der Waals surface area contributed by atoms with Crippen molar-refractivity contribution in [3.05, 3.63) is 81.4 Å². The maximum atomic E-state index is 12.5. The molecule has 39 heavy (non-hydrogen) atoms. The van der Waals surface area contributed by atoms with E-state index in [9.17, 15) is 20.6 Å². The minimum atomic E-state index is -1.50. The lowest BCUT2D eigenvalue weighted by Gasteiger charge is -2.10. The molecule has 2 aromatic heterocycles. The van der Waals surface area contributed by atoms with E-state index in [-0.39, 0.29) is 63.3 Å². The van der Waals surface area contributed by atoms with Crippen molar-refractivity contribution in [2.75, 3.05) is 6.61 Å². The number of fused-ring (bicyclic) bond motifs is 2. The fourth-order valence-electron chi connectivity index (χ4n) is 3.71. The van der Waals surface area contributed by atoms with E-state index in [0.29, 0.717) is 11.1 Å². The molecule has 0 radical (unpaired) electrons. The molecule has 2 aromatic carbocycles. The average Bonchev–Trinajstić information content (AvgIpc) is 3.58. The number of nitriles is 3. The maximum Gasteiger partial charge on any atom is 0.331 e. The second-order valence-corrected chi connectivity index (χ2v) is 7.73. The van der Waals surface area contributed by atoms with Gasteiger partial charge in [-0.15, -0.1) is 0 Å². The number of hydrogen-bond acceptors (Lipinski definition) is 12. The fourth-order valence-corrected chi connectivity index (χ4v) is 3.71. The number of hydrogen-bond donors (Lipinski definition) is 0. The highest BCUT2D eigenvalue weighted by atomic mass is 16.5. The molecule has 3 heterocycles. The third kappa shape index (κ3) is 4.29. The standard InChI is InChI=1S/C26H12N10O3/c1-3-38-26(37)15(11-28)22-34-21(35-24(36-22)25-32-16-6-4-5-7-19(16)39-25)13-8-9-17-20(14(13)10-27)33-23(31-17)18(12-29)30-2/h4-9,15H,3H2,1H3/b23-18+. The molecular weight excluding hydrogens is 500 g/mol. The zero-order valence-electron chi connectivity index (χ0n) is 19.9. The van der Waals surface area contributed by atoms with E-state index < -0.39 is 11.9 Å². The Kier molecular flexibility index (Phi) is 6.24. The number of esters is 1. The number of para-hydroxylation sites is 2. The highest BCUT2D eigenvalue weighted by Crippen LogP contribution is 2.26. The number of ether oxygens (including phenoxy) is 1. The highest BCUT2D eigenvalue weighted by Gasteiger charge is 2.28. The molecule has 0 saturated heterocycles. The van der Waals surface area contributed by atoms with Crippen LogP contribution in [0.4, 0.5) is 0 Å². The number of nitrogens with zero attached hydrogens (tertiary/aromatic N) is 10. The second-order valence-electron chi connectivity index (χ2n) is 7.73. The van der Waals surface area contributed by atoms with Crippen molar-refractivity contribution >= 4 is 17.1 Å². The van der Waals surface area contributed by atoms with Gasteiger partial charge in [0.2, 0.25) is 11.7 Å². The Morgan fingerprint density at radius 1 is 1.08 bits per heavy atom. The van der Waals surface area contributed by atoms with Gasteiger partial charge in [-0.25, -0.2) is 40.0 Å². The van der Waals surface area contributed by atoms with E-state index in [0.717, 1.165) is 0 Å². The van der Waals surface area contributed by atoms with Crippen molar-refractivity contribution in [3.8, 4) is 41.3 Å². The predicted molar refractivity (Wildman–Crippen MR) is 130 cm³/mol. The van der Waals surface area contributed by atoms with E-state index in [1.54, 1.807) is 37.3 Å². The molecule has 0 saturated carbocycles. The number of carbonyl (C=O) groups excluding carboxylic acids is 1. The summed E-state index contributed by atoms with van der Waals surface area (Å²) in [5.74, 6) is -2.86. The second kappa shape index (κ2) is 9.98. The Bertz CT molecular complexity index is 1970. The molecule has 0 spiro atoms. The minimum absolute atomic E-state index is 0.00109. The van der Waals surface area contributed by atoms with Gasteiger partial charge in [-0.05, 0) is 31.2 Å². The zero-order chi connectivity index (χ0) is 27.5. The fraction of sp³-hybridized carbons (Fsp3) is 0.115. The van der Waals surface area contributed by atoms with Crippen LogP contribution in [0.1, 0.15) is 24.2 Å². The van der Waals surface area contributed by atoms with Gasteiger partial charge in [0.25, 0.3) is 5.89 Å². The van der Waals surface area contributed by atoms with E-state index in [1.165, 1.54) is 12.1 Å². The summed E-state index contributed by atoms with van der Waals surface area (Å²) in [5, 5.41) is 29.4. The molecule has 13 nitrogen and oxygen atoms in total.